The maximum atomic E-state index is 9.14. The first-order valence-corrected chi connectivity index (χ1v) is 6.32. The van der Waals surface area contributed by atoms with Gasteiger partial charge in [-0.25, -0.2) is 0 Å². The normalized spacial score (nSPS) is 10.2. The first-order chi connectivity index (χ1) is 9.60. The molecule has 0 aliphatic carbocycles. The molecule has 0 bridgehead atoms. The van der Waals surface area contributed by atoms with Gasteiger partial charge in [-0.15, -0.1) is 0 Å². The van der Waals surface area contributed by atoms with Gasteiger partial charge in [0.2, 0.25) is 0 Å². The van der Waals surface area contributed by atoms with Crippen LogP contribution in [0.25, 0.3) is 0 Å². The molecule has 2 N–H and O–H groups in total. The van der Waals surface area contributed by atoms with Crippen molar-refractivity contribution in [1.29, 1.82) is 0 Å². The third-order valence-corrected chi connectivity index (χ3v) is 2.96. The zero-order valence-corrected chi connectivity index (χ0v) is 11.5. The molecule has 2 aromatic carbocycles. The maximum absolute atomic E-state index is 9.14. The van der Waals surface area contributed by atoms with Crippen molar-refractivity contribution in [3.05, 3.63) is 53.6 Å². The largest absolute Gasteiger partial charge is 0.493 e. The van der Waals surface area contributed by atoms with E-state index in [9.17, 15) is 0 Å². The van der Waals surface area contributed by atoms with Crippen LogP contribution in [0.4, 0.5) is 0 Å². The third kappa shape index (κ3) is 3.53. The highest BCUT2D eigenvalue weighted by Crippen LogP contribution is 2.28. The second-order valence-electron chi connectivity index (χ2n) is 4.56. The highest BCUT2D eigenvalue weighted by atomic mass is 16.5. The Morgan fingerprint density at radius 1 is 1.05 bits per heavy atom. The molecule has 2 aromatic rings. The van der Waals surface area contributed by atoms with Gasteiger partial charge < -0.3 is 19.5 Å². The lowest BCUT2D eigenvalue weighted by atomic mass is 9.80. The van der Waals surface area contributed by atoms with Gasteiger partial charge in [-0.05, 0) is 35.6 Å². The summed E-state index contributed by atoms with van der Waals surface area (Å²) in [6, 6.07) is 12.7. The van der Waals surface area contributed by atoms with Gasteiger partial charge in [-0.1, -0.05) is 30.3 Å². The molecule has 0 aliphatic heterocycles. The average Bonchev–Trinajstić information content (AvgIpc) is 2.46. The molecule has 0 saturated heterocycles. The van der Waals surface area contributed by atoms with Gasteiger partial charge in [0, 0.05) is 0 Å². The van der Waals surface area contributed by atoms with Crippen LogP contribution in [-0.2, 0) is 6.61 Å². The minimum atomic E-state index is -1.47. The Balaban J connectivity index is 2.10. The Morgan fingerprint density at radius 2 is 1.85 bits per heavy atom. The van der Waals surface area contributed by atoms with E-state index in [2.05, 4.69) is 0 Å². The molecule has 0 atom stereocenters. The molecule has 0 unspecified atom stereocenters. The fourth-order valence-corrected chi connectivity index (χ4v) is 1.90. The number of hydrogen-bond donors (Lipinski definition) is 2. The third-order valence-electron chi connectivity index (χ3n) is 2.96. The van der Waals surface area contributed by atoms with E-state index in [1.165, 1.54) is 0 Å². The average molecular weight is 272 g/mol. The summed E-state index contributed by atoms with van der Waals surface area (Å²) < 4.78 is 11.0. The van der Waals surface area contributed by atoms with Crippen LogP contribution in [0.1, 0.15) is 11.1 Å². The zero-order valence-electron chi connectivity index (χ0n) is 11.5. The van der Waals surface area contributed by atoms with Crippen LogP contribution in [0.5, 0.6) is 11.5 Å². The minimum absolute atomic E-state index is 0.333. The van der Waals surface area contributed by atoms with Gasteiger partial charge in [-0.2, -0.15) is 0 Å². The highest BCUT2D eigenvalue weighted by molar-refractivity contribution is 6.58. The van der Waals surface area contributed by atoms with Crippen molar-refractivity contribution in [3.63, 3.8) is 0 Å². The topological polar surface area (TPSA) is 58.9 Å². The number of ether oxygens (including phenoxy) is 2. The second-order valence-corrected chi connectivity index (χ2v) is 4.56. The maximum Gasteiger partial charge on any atom is 0.488 e. The molecular formula is C15H17BO4. The van der Waals surface area contributed by atoms with Crippen molar-refractivity contribution in [3.8, 4) is 11.5 Å². The molecule has 0 amide bonds. The Kier molecular flexibility index (Phi) is 4.66. The summed E-state index contributed by atoms with van der Waals surface area (Å²) in [5, 5.41) is 18.3. The van der Waals surface area contributed by atoms with Gasteiger partial charge in [-0.3, -0.25) is 0 Å². The second kappa shape index (κ2) is 6.46. The Bertz CT molecular complexity index is 584. The summed E-state index contributed by atoms with van der Waals surface area (Å²) in [7, 11) is 0.133. The summed E-state index contributed by atoms with van der Waals surface area (Å²) in [6.07, 6.45) is 0. The lowest BCUT2D eigenvalue weighted by molar-refractivity contribution is 0.284. The van der Waals surface area contributed by atoms with Gasteiger partial charge in [0.05, 0.1) is 7.11 Å². The number of hydrogen-bond acceptors (Lipinski definition) is 4. The lowest BCUT2D eigenvalue weighted by Gasteiger charge is -2.12. The quantitative estimate of drug-likeness (QED) is 0.804. The standard InChI is InChI=1S/C15H17BO4/c1-11-6-7-14(15(8-11)19-2)20-10-12-4-3-5-13(9-12)16(17)18/h3-9,17-18H,10H2,1-2H3. The molecule has 0 saturated carbocycles. The molecule has 0 aromatic heterocycles. The lowest BCUT2D eigenvalue weighted by Crippen LogP contribution is -2.29. The van der Waals surface area contributed by atoms with E-state index in [0.29, 0.717) is 23.6 Å². The van der Waals surface area contributed by atoms with Crippen molar-refractivity contribution in [2.45, 2.75) is 13.5 Å². The van der Waals surface area contributed by atoms with Crippen LogP contribution in [0, 0.1) is 6.92 Å². The number of methoxy groups -OCH3 is 1. The van der Waals surface area contributed by atoms with Gasteiger partial charge in [0.15, 0.2) is 11.5 Å². The first-order valence-electron chi connectivity index (χ1n) is 6.32. The minimum Gasteiger partial charge on any atom is -0.493 e. The fourth-order valence-electron chi connectivity index (χ4n) is 1.90. The predicted molar refractivity (Wildman–Crippen MR) is 78.3 cm³/mol. The van der Waals surface area contributed by atoms with Crippen molar-refractivity contribution in [2.24, 2.45) is 0 Å². The van der Waals surface area contributed by atoms with Crippen molar-refractivity contribution < 1.29 is 19.5 Å². The van der Waals surface area contributed by atoms with E-state index in [1.54, 1.807) is 25.3 Å². The van der Waals surface area contributed by atoms with E-state index in [4.69, 9.17) is 19.5 Å². The van der Waals surface area contributed by atoms with Crippen molar-refractivity contribution in [2.75, 3.05) is 7.11 Å². The number of aryl methyl sites for hydroxylation is 1. The predicted octanol–water partition coefficient (Wildman–Crippen LogP) is 1.26. The Hall–Kier alpha value is -1.98. The van der Waals surface area contributed by atoms with E-state index in [1.807, 2.05) is 31.2 Å². The number of rotatable bonds is 5. The Morgan fingerprint density at radius 3 is 2.55 bits per heavy atom. The molecule has 2 rings (SSSR count). The molecular weight excluding hydrogens is 255 g/mol. The fraction of sp³-hybridized carbons (Fsp3) is 0.200. The highest BCUT2D eigenvalue weighted by Gasteiger charge is 2.11. The van der Waals surface area contributed by atoms with E-state index in [-0.39, 0.29) is 0 Å². The zero-order chi connectivity index (χ0) is 14.5. The van der Waals surface area contributed by atoms with E-state index < -0.39 is 7.12 Å². The molecule has 4 nitrogen and oxygen atoms in total. The van der Waals surface area contributed by atoms with Crippen LogP contribution in [0.3, 0.4) is 0 Å². The van der Waals surface area contributed by atoms with Crippen molar-refractivity contribution in [1.82, 2.24) is 0 Å². The summed E-state index contributed by atoms with van der Waals surface area (Å²) in [5.74, 6) is 1.34. The van der Waals surface area contributed by atoms with Gasteiger partial charge in [0.1, 0.15) is 6.61 Å². The summed E-state index contributed by atoms with van der Waals surface area (Å²) >= 11 is 0. The molecule has 104 valence electrons. The molecule has 0 heterocycles. The molecule has 5 heteroatoms. The molecule has 0 aliphatic rings. The van der Waals surface area contributed by atoms with E-state index >= 15 is 0 Å². The summed E-state index contributed by atoms with van der Waals surface area (Å²) in [4.78, 5) is 0. The number of benzene rings is 2. The molecule has 20 heavy (non-hydrogen) atoms. The molecule has 0 spiro atoms. The van der Waals surface area contributed by atoms with Crippen LogP contribution in [0.15, 0.2) is 42.5 Å². The summed E-state index contributed by atoms with van der Waals surface area (Å²) in [6.45, 7) is 2.32. The van der Waals surface area contributed by atoms with Crippen LogP contribution >= 0.6 is 0 Å². The van der Waals surface area contributed by atoms with E-state index in [0.717, 1.165) is 11.1 Å². The van der Waals surface area contributed by atoms with Crippen LogP contribution < -0.4 is 14.9 Å². The van der Waals surface area contributed by atoms with Crippen LogP contribution in [0.2, 0.25) is 0 Å². The van der Waals surface area contributed by atoms with Crippen molar-refractivity contribution >= 4 is 12.6 Å². The van der Waals surface area contributed by atoms with Gasteiger partial charge >= 0.3 is 7.12 Å². The first kappa shape index (κ1) is 14.4. The molecule has 0 fully saturated rings. The molecule has 0 radical (unpaired) electrons. The smallest absolute Gasteiger partial charge is 0.488 e. The monoisotopic (exact) mass is 272 g/mol. The summed E-state index contributed by atoms with van der Waals surface area (Å²) in [5.41, 5.74) is 2.40. The van der Waals surface area contributed by atoms with Crippen LogP contribution in [-0.4, -0.2) is 24.3 Å². The van der Waals surface area contributed by atoms with Gasteiger partial charge in [0.25, 0.3) is 0 Å². The Labute approximate surface area is 118 Å². The SMILES string of the molecule is COc1cc(C)ccc1OCc1cccc(B(O)O)c1.